The molecule has 0 bridgehead atoms. The van der Waals surface area contributed by atoms with E-state index in [1.54, 1.807) is 30.3 Å². The van der Waals surface area contributed by atoms with Gasteiger partial charge < -0.3 is 15.5 Å². The lowest BCUT2D eigenvalue weighted by molar-refractivity contribution is 0.0591. The molecular formula is C22H19N3O5S. The first-order valence-corrected chi connectivity index (χ1v) is 10.6. The number of rotatable bonds is 7. The van der Waals surface area contributed by atoms with Crippen LogP contribution in [0.4, 0.5) is 0 Å². The van der Waals surface area contributed by atoms with Gasteiger partial charge in [-0.25, -0.2) is 18.2 Å². The van der Waals surface area contributed by atoms with Crippen molar-refractivity contribution in [3.63, 3.8) is 0 Å². The highest BCUT2D eigenvalue weighted by molar-refractivity contribution is 7.91. The van der Waals surface area contributed by atoms with Crippen molar-refractivity contribution in [2.24, 2.45) is 0 Å². The van der Waals surface area contributed by atoms with Gasteiger partial charge in [-0.3, -0.25) is 4.79 Å². The van der Waals surface area contributed by atoms with Crippen molar-refractivity contribution in [2.75, 3.05) is 7.11 Å². The van der Waals surface area contributed by atoms with Crippen LogP contribution in [0, 0.1) is 5.41 Å². The molecule has 0 fully saturated rings. The number of esters is 1. The third-order valence-corrected chi connectivity index (χ3v) is 6.26. The molecule has 9 heteroatoms. The van der Waals surface area contributed by atoms with Gasteiger partial charge in [-0.05, 0) is 36.4 Å². The highest BCUT2D eigenvalue weighted by Crippen LogP contribution is 2.23. The van der Waals surface area contributed by atoms with E-state index in [2.05, 4.69) is 15.0 Å². The van der Waals surface area contributed by atoms with E-state index < -0.39 is 21.7 Å². The van der Waals surface area contributed by atoms with Crippen molar-refractivity contribution in [1.29, 1.82) is 5.41 Å². The van der Waals surface area contributed by atoms with Crippen molar-refractivity contribution in [3.05, 3.63) is 89.2 Å². The molecular weight excluding hydrogens is 418 g/mol. The smallest absolute Gasteiger partial charge is 0.356 e. The summed E-state index contributed by atoms with van der Waals surface area (Å²) < 4.78 is 30.3. The zero-order valence-corrected chi connectivity index (χ0v) is 17.3. The van der Waals surface area contributed by atoms with Gasteiger partial charge in [0.2, 0.25) is 9.84 Å². The zero-order valence-electron chi connectivity index (χ0n) is 16.5. The zero-order chi connectivity index (χ0) is 22.4. The Balaban J connectivity index is 1.85. The predicted octanol–water partition coefficient (Wildman–Crippen LogP) is 2.63. The monoisotopic (exact) mass is 437 g/mol. The quantitative estimate of drug-likeness (QED) is 0.432. The SMILES string of the molecule is COC(=O)c1ncccc1CNC(=O)c1ccc(S(=O)(=O)c2ccccc2)cc1C=N. The van der Waals surface area contributed by atoms with Crippen molar-refractivity contribution >= 4 is 27.9 Å². The minimum atomic E-state index is -3.78. The molecule has 3 rings (SSSR count). The molecule has 31 heavy (non-hydrogen) atoms. The van der Waals surface area contributed by atoms with Gasteiger partial charge in [0.25, 0.3) is 5.91 Å². The molecule has 0 spiro atoms. The molecule has 2 aromatic carbocycles. The van der Waals surface area contributed by atoms with Crippen LogP contribution in [0.3, 0.4) is 0 Å². The maximum atomic E-state index is 12.8. The molecule has 0 saturated heterocycles. The summed E-state index contributed by atoms with van der Waals surface area (Å²) in [7, 11) is -2.55. The average Bonchev–Trinajstić information content (AvgIpc) is 2.82. The fourth-order valence-corrected chi connectivity index (χ4v) is 4.22. The molecule has 0 aliphatic heterocycles. The number of hydrogen-bond acceptors (Lipinski definition) is 7. The van der Waals surface area contributed by atoms with E-state index in [-0.39, 0.29) is 33.2 Å². The van der Waals surface area contributed by atoms with Gasteiger partial charge in [-0.2, -0.15) is 0 Å². The minimum Gasteiger partial charge on any atom is -0.464 e. The predicted molar refractivity (Wildman–Crippen MR) is 113 cm³/mol. The number of benzene rings is 2. The lowest BCUT2D eigenvalue weighted by atomic mass is 10.1. The van der Waals surface area contributed by atoms with Gasteiger partial charge in [0.1, 0.15) is 0 Å². The van der Waals surface area contributed by atoms with E-state index in [0.29, 0.717) is 5.56 Å². The van der Waals surface area contributed by atoms with E-state index in [0.717, 1.165) is 6.21 Å². The summed E-state index contributed by atoms with van der Waals surface area (Å²) in [5, 5.41) is 10.3. The first-order valence-electron chi connectivity index (χ1n) is 9.13. The maximum absolute atomic E-state index is 12.8. The van der Waals surface area contributed by atoms with Gasteiger partial charge in [0, 0.05) is 35.6 Å². The molecule has 2 N–H and O–H groups in total. The van der Waals surface area contributed by atoms with Crippen molar-refractivity contribution in [2.45, 2.75) is 16.3 Å². The number of hydrogen-bond donors (Lipinski definition) is 2. The number of nitrogens with zero attached hydrogens (tertiary/aromatic N) is 1. The summed E-state index contributed by atoms with van der Waals surface area (Å²) in [5.41, 5.74) is 0.823. The van der Waals surface area contributed by atoms with Crippen LogP contribution in [-0.2, 0) is 21.1 Å². The lowest BCUT2D eigenvalue weighted by Crippen LogP contribution is -2.25. The number of pyridine rings is 1. The molecule has 3 aromatic rings. The number of sulfone groups is 1. The summed E-state index contributed by atoms with van der Waals surface area (Å²) in [5.74, 6) is -1.15. The number of amides is 1. The molecule has 0 radical (unpaired) electrons. The van der Waals surface area contributed by atoms with Crippen LogP contribution in [0.25, 0.3) is 0 Å². The Kier molecular flexibility index (Phi) is 6.56. The van der Waals surface area contributed by atoms with Gasteiger partial charge in [-0.1, -0.05) is 24.3 Å². The van der Waals surface area contributed by atoms with Crippen LogP contribution in [0.2, 0.25) is 0 Å². The number of carbonyl (C=O) groups excluding carboxylic acids is 2. The standard InChI is InChI=1S/C22H19N3O5S/c1-30-22(27)20-15(6-5-11-24-20)14-25-21(26)19-10-9-18(12-16(19)13-23)31(28,29)17-7-3-2-4-8-17/h2-13,23H,14H2,1H3,(H,25,26). The Morgan fingerprint density at radius 2 is 1.81 bits per heavy atom. The van der Waals surface area contributed by atoms with Crippen LogP contribution in [0.15, 0.2) is 76.7 Å². The van der Waals surface area contributed by atoms with E-state index >= 15 is 0 Å². The second kappa shape index (κ2) is 9.31. The number of ether oxygens (including phenoxy) is 1. The fraction of sp³-hybridized carbons (Fsp3) is 0.0909. The Labute approximate surface area is 179 Å². The molecule has 158 valence electrons. The topological polar surface area (TPSA) is 126 Å². The summed E-state index contributed by atoms with van der Waals surface area (Å²) >= 11 is 0. The van der Waals surface area contributed by atoms with Crippen LogP contribution < -0.4 is 5.32 Å². The number of carbonyl (C=O) groups is 2. The van der Waals surface area contributed by atoms with Gasteiger partial charge in [-0.15, -0.1) is 0 Å². The largest absolute Gasteiger partial charge is 0.464 e. The highest BCUT2D eigenvalue weighted by Gasteiger charge is 2.20. The summed E-state index contributed by atoms with van der Waals surface area (Å²) in [6.07, 6.45) is 2.36. The Morgan fingerprint density at radius 3 is 2.48 bits per heavy atom. The number of nitrogens with one attached hydrogen (secondary N) is 2. The summed E-state index contributed by atoms with van der Waals surface area (Å²) in [6.45, 7) is -0.00138. The molecule has 8 nitrogen and oxygen atoms in total. The average molecular weight is 437 g/mol. The summed E-state index contributed by atoms with van der Waals surface area (Å²) in [4.78, 5) is 28.6. The molecule has 1 heterocycles. The Hall–Kier alpha value is -3.85. The normalized spacial score (nSPS) is 10.9. The van der Waals surface area contributed by atoms with E-state index in [4.69, 9.17) is 5.41 Å². The fourth-order valence-electron chi connectivity index (χ4n) is 2.90. The molecule has 1 amide bonds. The van der Waals surface area contributed by atoms with Crippen LogP contribution in [0.1, 0.15) is 32.0 Å². The van der Waals surface area contributed by atoms with Crippen LogP contribution in [-0.4, -0.2) is 38.6 Å². The molecule has 0 atom stereocenters. The number of methoxy groups -OCH3 is 1. The summed E-state index contributed by atoms with van der Waals surface area (Å²) in [6, 6.07) is 15.1. The van der Waals surface area contributed by atoms with Gasteiger partial charge >= 0.3 is 5.97 Å². The Bertz CT molecular complexity index is 1240. The van der Waals surface area contributed by atoms with Gasteiger partial charge in [0.15, 0.2) is 5.69 Å². The van der Waals surface area contributed by atoms with E-state index in [1.807, 2.05) is 0 Å². The molecule has 0 aliphatic rings. The van der Waals surface area contributed by atoms with Crippen molar-refractivity contribution < 1.29 is 22.7 Å². The number of aromatic nitrogens is 1. The van der Waals surface area contributed by atoms with E-state index in [1.165, 1.54) is 43.6 Å². The minimum absolute atomic E-state index is 0.00138. The lowest BCUT2D eigenvalue weighted by Gasteiger charge is -2.11. The Morgan fingerprint density at radius 1 is 1.06 bits per heavy atom. The van der Waals surface area contributed by atoms with Crippen molar-refractivity contribution in [3.8, 4) is 0 Å². The second-order valence-corrected chi connectivity index (χ2v) is 8.34. The van der Waals surface area contributed by atoms with Crippen molar-refractivity contribution in [1.82, 2.24) is 10.3 Å². The second-order valence-electron chi connectivity index (χ2n) is 6.40. The van der Waals surface area contributed by atoms with Crippen LogP contribution >= 0.6 is 0 Å². The third kappa shape index (κ3) is 4.67. The third-order valence-electron chi connectivity index (χ3n) is 4.50. The maximum Gasteiger partial charge on any atom is 0.356 e. The first kappa shape index (κ1) is 21.8. The molecule has 1 aromatic heterocycles. The molecule has 0 aliphatic carbocycles. The molecule has 0 saturated carbocycles. The van der Waals surface area contributed by atoms with E-state index in [9.17, 15) is 18.0 Å². The van der Waals surface area contributed by atoms with Crippen LogP contribution in [0.5, 0.6) is 0 Å². The molecule has 0 unspecified atom stereocenters. The van der Waals surface area contributed by atoms with Gasteiger partial charge in [0.05, 0.1) is 16.9 Å². The first-order chi connectivity index (χ1) is 14.9. The highest BCUT2D eigenvalue weighted by atomic mass is 32.2.